The number of hydrogen-bond donors (Lipinski definition) is 1. The van der Waals surface area contributed by atoms with Gasteiger partial charge in [0.25, 0.3) is 13.1 Å². The van der Waals surface area contributed by atoms with E-state index in [1.54, 1.807) is 12.1 Å². The number of rotatable bonds is 6. The SMILES string of the molecule is C[N+](=O)[O-].[C-]#[N+]Cc1ccc(C(O)C[N+](=O)[O-])o1.[C-]#[N+]Cc1ccc(C=O)o1. The highest BCUT2D eigenvalue weighted by Gasteiger charge is 2.18. The molecule has 0 bridgehead atoms. The second-order valence-corrected chi connectivity index (χ2v) is 4.83. The molecule has 2 rings (SSSR count). The fourth-order valence-corrected chi connectivity index (χ4v) is 1.59. The van der Waals surface area contributed by atoms with E-state index in [-0.39, 0.29) is 24.6 Å². The zero-order valence-electron chi connectivity index (χ0n) is 14.7. The first-order valence-electron chi connectivity index (χ1n) is 7.40. The van der Waals surface area contributed by atoms with Crippen LogP contribution >= 0.6 is 0 Å². The summed E-state index contributed by atoms with van der Waals surface area (Å²) in [6.45, 7) is 12.7. The largest absolute Gasteiger partial charge is 0.455 e. The van der Waals surface area contributed by atoms with Crippen molar-refractivity contribution in [3.63, 3.8) is 0 Å². The van der Waals surface area contributed by atoms with Crippen molar-refractivity contribution in [3.05, 3.63) is 90.4 Å². The monoisotopic (exact) mass is 392 g/mol. The molecule has 2 aromatic heterocycles. The lowest BCUT2D eigenvalue weighted by atomic mass is 10.3. The van der Waals surface area contributed by atoms with Crippen LogP contribution in [0.5, 0.6) is 0 Å². The number of nitrogens with zero attached hydrogens (tertiary/aromatic N) is 4. The molecule has 0 spiro atoms. The molecule has 2 heterocycles. The third kappa shape index (κ3) is 10.8. The van der Waals surface area contributed by atoms with Crippen LogP contribution in [0.4, 0.5) is 0 Å². The van der Waals surface area contributed by atoms with Gasteiger partial charge in [-0.1, -0.05) is 0 Å². The Morgan fingerprint density at radius 2 is 1.61 bits per heavy atom. The average Bonchev–Trinajstić information content (AvgIpc) is 3.24. The Balaban J connectivity index is 0.000000454. The predicted molar refractivity (Wildman–Crippen MR) is 93.2 cm³/mol. The first-order valence-corrected chi connectivity index (χ1v) is 7.40. The van der Waals surface area contributed by atoms with Gasteiger partial charge in [-0.2, -0.15) is 0 Å². The summed E-state index contributed by atoms with van der Waals surface area (Å²) in [5, 5.41) is 28.1. The zero-order valence-corrected chi connectivity index (χ0v) is 14.7. The molecule has 0 saturated heterocycles. The van der Waals surface area contributed by atoms with Gasteiger partial charge in [0, 0.05) is 9.85 Å². The minimum atomic E-state index is -1.25. The topological polar surface area (TPSA) is 159 Å². The van der Waals surface area contributed by atoms with Gasteiger partial charge < -0.3 is 23.6 Å². The zero-order chi connectivity index (χ0) is 21.5. The molecule has 0 aliphatic rings. The maximum absolute atomic E-state index is 10.1. The lowest BCUT2D eigenvalue weighted by Gasteiger charge is -2.00. The number of nitro groups is 2. The van der Waals surface area contributed by atoms with Gasteiger partial charge in [-0.15, -0.1) is 0 Å². The number of aliphatic hydroxyl groups excluding tert-OH is 1. The van der Waals surface area contributed by atoms with Gasteiger partial charge in [0.15, 0.2) is 36.7 Å². The van der Waals surface area contributed by atoms with Crippen LogP contribution in [0.2, 0.25) is 0 Å². The lowest BCUT2D eigenvalue weighted by molar-refractivity contribution is -0.492. The second kappa shape index (κ2) is 13.2. The molecule has 0 radical (unpaired) electrons. The van der Waals surface area contributed by atoms with Gasteiger partial charge in [-0.3, -0.25) is 25.0 Å². The van der Waals surface area contributed by atoms with E-state index >= 15 is 0 Å². The Morgan fingerprint density at radius 3 is 2.04 bits per heavy atom. The van der Waals surface area contributed by atoms with Crippen molar-refractivity contribution >= 4 is 6.29 Å². The summed E-state index contributed by atoms with van der Waals surface area (Å²) in [5.41, 5.74) is 0. The van der Waals surface area contributed by atoms with E-state index in [2.05, 4.69) is 9.69 Å². The summed E-state index contributed by atoms with van der Waals surface area (Å²) in [6.07, 6.45) is -0.627. The van der Waals surface area contributed by atoms with E-state index in [4.69, 9.17) is 32.1 Å². The number of aldehydes is 1. The van der Waals surface area contributed by atoms with Crippen LogP contribution in [-0.2, 0) is 13.1 Å². The van der Waals surface area contributed by atoms with Crippen LogP contribution in [0.25, 0.3) is 9.69 Å². The number of furan rings is 2. The number of carbonyl (C=O) groups is 1. The van der Waals surface area contributed by atoms with Gasteiger partial charge in [-0.25, -0.2) is 13.1 Å². The predicted octanol–water partition coefficient (Wildman–Crippen LogP) is 2.41. The molecule has 0 aliphatic heterocycles. The molecule has 0 amide bonds. The summed E-state index contributed by atoms with van der Waals surface area (Å²) >= 11 is 0. The summed E-state index contributed by atoms with van der Waals surface area (Å²) < 4.78 is 9.91. The van der Waals surface area contributed by atoms with Crippen LogP contribution in [0.3, 0.4) is 0 Å². The molecule has 1 N–H and O–H groups in total. The molecular formula is C16H16N4O8. The van der Waals surface area contributed by atoms with Gasteiger partial charge in [-0.05, 0) is 24.3 Å². The van der Waals surface area contributed by atoms with Crippen molar-refractivity contribution < 1.29 is 28.6 Å². The maximum Gasteiger partial charge on any atom is 0.271 e. The van der Waals surface area contributed by atoms with Crippen molar-refractivity contribution in [2.45, 2.75) is 19.2 Å². The van der Waals surface area contributed by atoms with E-state index in [1.807, 2.05) is 0 Å². The van der Waals surface area contributed by atoms with Gasteiger partial charge in [0.1, 0.15) is 5.76 Å². The molecule has 0 fully saturated rings. The van der Waals surface area contributed by atoms with Crippen molar-refractivity contribution in [1.82, 2.24) is 0 Å². The van der Waals surface area contributed by atoms with Crippen molar-refractivity contribution in [1.29, 1.82) is 0 Å². The highest BCUT2D eigenvalue weighted by Crippen LogP contribution is 2.17. The Bertz CT molecular complexity index is 855. The van der Waals surface area contributed by atoms with E-state index in [0.717, 1.165) is 7.05 Å². The van der Waals surface area contributed by atoms with Crippen LogP contribution in [0.1, 0.15) is 33.9 Å². The molecule has 0 aromatic carbocycles. The highest BCUT2D eigenvalue weighted by atomic mass is 16.6. The lowest BCUT2D eigenvalue weighted by Crippen LogP contribution is -2.10. The molecule has 12 nitrogen and oxygen atoms in total. The Hall–Kier alpha value is -4.03. The van der Waals surface area contributed by atoms with Crippen molar-refractivity contribution in [3.8, 4) is 0 Å². The van der Waals surface area contributed by atoms with Crippen LogP contribution in [-0.4, -0.2) is 34.8 Å². The molecule has 28 heavy (non-hydrogen) atoms. The number of hydrogen-bond acceptors (Lipinski definition) is 8. The van der Waals surface area contributed by atoms with Crippen molar-refractivity contribution in [2.75, 3.05) is 13.6 Å². The quantitative estimate of drug-likeness (QED) is 0.339. The van der Waals surface area contributed by atoms with Crippen molar-refractivity contribution in [2.24, 2.45) is 0 Å². The first-order chi connectivity index (χ1) is 13.2. The normalized spacial score (nSPS) is 10.0. The van der Waals surface area contributed by atoms with Crippen LogP contribution in [0.15, 0.2) is 33.1 Å². The maximum atomic E-state index is 10.1. The third-order valence-electron chi connectivity index (χ3n) is 2.60. The summed E-state index contributed by atoms with van der Waals surface area (Å²) in [5.74, 6) is 1.34. The van der Waals surface area contributed by atoms with Gasteiger partial charge in [0.2, 0.25) is 6.54 Å². The Labute approximate surface area is 158 Å². The molecule has 12 heteroatoms. The van der Waals surface area contributed by atoms with E-state index in [0.29, 0.717) is 17.8 Å². The van der Waals surface area contributed by atoms with E-state index in [1.165, 1.54) is 12.1 Å². The molecule has 148 valence electrons. The summed E-state index contributed by atoms with van der Waals surface area (Å²) in [4.78, 5) is 34.0. The summed E-state index contributed by atoms with van der Waals surface area (Å²) in [7, 11) is 0.889. The fourth-order valence-electron chi connectivity index (χ4n) is 1.59. The molecule has 2 aromatic rings. The standard InChI is InChI=1S/C8H8N2O4.C7H5NO2.CH3NO2/c1-9-4-6-2-3-8(14-6)7(11)5-10(12)13;1-8-4-6-2-3-7(5-9)10-6;1-2(3)4/h2-3,7,11H,4-5H2;2-3,5H,4H2;1H3. The molecular weight excluding hydrogens is 376 g/mol. The fraction of sp³-hybridized carbons (Fsp3) is 0.312. The average molecular weight is 392 g/mol. The minimum absolute atomic E-state index is 0.0746. The molecule has 1 unspecified atom stereocenters. The van der Waals surface area contributed by atoms with E-state index in [9.17, 15) is 20.0 Å². The van der Waals surface area contributed by atoms with Gasteiger partial charge in [0.05, 0.1) is 0 Å². The number of carbonyl (C=O) groups excluding carboxylic acids is 1. The van der Waals surface area contributed by atoms with Gasteiger partial charge >= 0.3 is 0 Å². The van der Waals surface area contributed by atoms with Crippen LogP contribution < -0.4 is 0 Å². The smallest absolute Gasteiger partial charge is 0.271 e. The first kappa shape index (κ1) is 24.0. The molecule has 0 aliphatic carbocycles. The van der Waals surface area contributed by atoms with Crippen LogP contribution in [0, 0.1) is 33.4 Å². The second-order valence-electron chi connectivity index (χ2n) is 4.83. The molecule has 1 atom stereocenters. The number of aliphatic hydroxyl groups is 1. The highest BCUT2D eigenvalue weighted by molar-refractivity contribution is 5.70. The third-order valence-corrected chi connectivity index (χ3v) is 2.60. The van der Waals surface area contributed by atoms with E-state index < -0.39 is 22.5 Å². The Morgan fingerprint density at radius 1 is 1.11 bits per heavy atom. The Kier molecular flexibility index (Phi) is 11.3. The summed E-state index contributed by atoms with van der Waals surface area (Å²) in [6, 6.07) is 6.14. The minimum Gasteiger partial charge on any atom is -0.455 e. The molecule has 0 saturated carbocycles.